The van der Waals surface area contributed by atoms with Gasteiger partial charge in [0, 0.05) is 18.3 Å². The number of benzene rings is 1. The van der Waals surface area contributed by atoms with Crippen LogP contribution in [0.5, 0.6) is 0 Å². The van der Waals surface area contributed by atoms with Gasteiger partial charge in [0.2, 0.25) is 0 Å². The molecule has 1 heterocycles. The van der Waals surface area contributed by atoms with Gasteiger partial charge in [-0.25, -0.2) is 9.78 Å². The number of amides is 1. The van der Waals surface area contributed by atoms with E-state index in [-0.39, 0.29) is 6.04 Å². The lowest BCUT2D eigenvalue weighted by Crippen LogP contribution is -2.38. The molecule has 0 fully saturated rings. The number of carbonyl (C=O) groups excluding carboxylic acids is 1. The van der Waals surface area contributed by atoms with Gasteiger partial charge in [-0.2, -0.15) is 0 Å². The molecule has 2 N–H and O–H groups in total. The van der Waals surface area contributed by atoms with E-state index < -0.39 is 11.7 Å². The first-order chi connectivity index (χ1) is 9.83. The number of alkyl carbamates (subject to hydrolysis) is 1. The van der Waals surface area contributed by atoms with E-state index >= 15 is 0 Å². The minimum absolute atomic E-state index is 0.0999. The number of fused-ring (bicyclic) bond motifs is 1. The van der Waals surface area contributed by atoms with Gasteiger partial charge in [-0.1, -0.05) is 0 Å². The SMILES string of the molecule is CC(CNC(=O)OC(C)(C)C)Nc1ccc2ncsc2c1. The quantitative estimate of drug-likeness (QED) is 0.905. The molecule has 5 nitrogen and oxygen atoms in total. The largest absolute Gasteiger partial charge is 0.444 e. The molecule has 1 aromatic heterocycles. The lowest BCUT2D eigenvalue weighted by atomic mass is 10.2. The number of hydrogen-bond acceptors (Lipinski definition) is 5. The van der Waals surface area contributed by atoms with Gasteiger partial charge in [0.05, 0.1) is 15.7 Å². The monoisotopic (exact) mass is 307 g/mol. The third-order valence-corrected chi connectivity index (χ3v) is 3.49. The molecule has 2 rings (SSSR count). The van der Waals surface area contributed by atoms with Crippen molar-refractivity contribution in [3.05, 3.63) is 23.7 Å². The highest BCUT2D eigenvalue weighted by atomic mass is 32.1. The lowest BCUT2D eigenvalue weighted by Gasteiger charge is -2.21. The predicted octanol–water partition coefficient (Wildman–Crippen LogP) is 3.62. The van der Waals surface area contributed by atoms with Crippen molar-refractivity contribution in [2.45, 2.75) is 39.3 Å². The average molecular weight is 307 g/mol. The van der Waals surface area contributed by atoms with Crippen LogP contribution in [0, 0.1) is 0 Å². The molecule has 0 spiro atoms. The first-order valence-corrected chi connectivity index (χ1v) is 7.78. The number of thiazole rings is 1. The summed E-state index contributed by atoms with van der Waals surface area (Å²) < 4.78 is 6.35. The van der Waals surface area contributed by atoms with E-state index in [4.69, 9.17) is 4.74 Å². The van der Waals surface area contributed by atoms with Gasteiger partial charge in [0.1, 0.15) is 5.60 Å². The summed E-state index contributed by atoms with van der Waals surface area (Å²) >= 11 is 1.61. The maximum Gasteiger partial charge on any atom is 0.407 e. The maximum absolute atomic E-state index is 11.6. The van der Waals surface area contributed by atoms with Crippen molar-refractivity contribution >= 4 is 33.3 Å². The summed E-state index contributed by atoms with van der Waals surface area (Å²) in [6.07, 6.45) is -0.394. The van der Waals surface area contributed by atoms with E-state index in [0.717, 1.165) is 15.9 Å². The number of carbonyl (C=O) groups is 1. The summed E-state index contributed by atoms with van der Waals surface area (Å²) in [5.41, 5.74) is 3.38. The summed E-state index contributed by atoms with van der Waals surface area (Å²) in [6.45, 7) is 8.04. The Hall–Kier alpha value is -1.82. The molecule has 0 radical (unpaired) electrons. The van der Waals surface area contributed by atoms with Crippen molar-refractivity contribution in [1.82, 2.24) is 10.3 Å². The van der Waals surface area contributed by atoms with E-state index in [1.54, 1.807) is 11.3 Å². The van der Waals surface area contributed by atoms with Crippen LogP contribution < -0.4 is 10.6 Å². The predicted molar refractivity (Wildman–Crippen MR) is 86.9 cm³/mol. The topological polar surface area (TPSA) is 63.2 Å². The molecule has 0 aliphatic carbocycles. The Balaban J connectivity index is 1.84. The molecule has 0 saturated carbocycles. The zero-order valence-electron chi connectivity index (χ0n) is 12.8. The molecule has 6 heteroatoms. The lowest BCUT2D eigenvalue weighted by molar-refractivity contribution is 0.0526. The second-order valence-electron chi connectivity index (χ2n) is 5.96. The number of nitrogens with zero attached hydrogens (tertiary/aromatic N) is 1. The van der Waals surface area contributed by atoms with Crippen molar-refractivity contribution in [2.75, 3.05) is 11.9 Å². The molecular weight excluding hydrogens is 286 g/mol. The number of anilines is 1. The first-order valence-electron chi connectivity index (χ1n) is 6.90. The van der Waals surface area contributed by atoms with Crippen molar-refractivity contribution in [3.63, 3.8) is 0 Å². The third-order valence-electron chi connectivity index (χ3n) is 2.70. The van der Waals surface area contributed by atoms with Crippen LogP contribution in [-0.2, 0) is 4.74 Å². The van der Waals surface area contributed by atoms with Crippen LogP contribution in [0.3, 0.4) is 0 Å². The van der Waals surface area contributed by atoms with Crippen LogP contribution in [0.4, 0.5) is 10.5 Å². The molecule has 2 aromatic rings. The average Bonchev–Trinajstić information content (AvgIpc) is 2.81. The minimum Gasteiger partial charge on any atom is -0.444 e. The zero-order valence-corrected chi connectivity index (χ0v) is 13.6. The number of nitrogens with one attached hydrogen (secondary N) is 2. The van der Waals surface area contributed by atoms with Gasteiger partial charge < -0.3 is 15.4 Å². The third kappa shape index (κ3) is 4.90. The summed E-state index contributed by atoms with van der Waals surface area (Å²) in [5, 5.41) is 6.11. The molecule has 21 heavy (non-hydrogen) atoms. The van der Waals surface area contributed by atoms with Gasteiger partial charge >= 0.3 is 6.09 Å². The van der Waals surface area contributed by atoms with Crippen molar-refractivity contribution in [2.24, 2.45) is 0 Å². The van der Waals surface area contributed by atoms with Crippen molar-refractivity contribution < 1.29 is 9.53 Å². The first kappa shape index (κ1) is 15.6. The second kappa shape index (κ2) is 6.30. The molecule has 0 aliphatic heterocycles. The summed E-state index contributed by atoms with van der Waals surface area (Å²) in [7, 11) is 0. The molecule has 1 amide bonds. The molecule has 0 bridgehead atoms. The molecule has 1 aromatic carbocycles. The second-order valence-corrected chi connectivity index (χ2v) is 6.85. The van der Waals surface area contributed by atoms with Crippen LogP contribution in [0.25, 0.3) is 10.2 Å². The van der Waals surface area contributed by atoms with E-state index in [2.05, 4.69) is 21.7 Å². The number of hydrogen-bond donors (Lipinski definition) is 2. The molecule has 114 valence electrons. The fraction of sp³-hybridized carbons (Fsp3) is 0.467. The summed E-state index contributed by atoms with van der Waals surface area (Å²) in [5.74, 6) is 0. The fourth-order valence-corrected chi connectivity index (χ4v) is 2.55. The van der Waals surface area contributed by atoms with E-state index in [1.807, 2.05) is 45.3 Å². The van der Waals surface area contributed by atoms with Gasteiger partial charge in [-0.3, -0.25) is 0 Å². The van der Waals surface area contributed by atoms with Gasteiger partial charge in [-0.05, 0) is 45.9 Å². The molecule has 0 saturated heterocycles. The van der Waals surface area contributed by atoms with E-state index in [1.165, 1.54) is 0 Å². The molecule has 0 aliphatic rings. The van der Waals surface area contributed by atoms with Crippen LogP contribution in [0.15, 0.2) is 23.7 Å². The Bertz CT molecular complexity index is 619. The Morgan fingerprint density at radius 3 is 2.90 bits per heavy atom. The Kier molecular flexibility index (Phi) is 4.67. The summed E-state index contributed by atoms with van der Waals surface area (Å²) in [6, 6.07) is 6.15. The van der Waals surface area contributed by atoms with Crippen LogP contribution >= 0.6 is 11.3 Å². The van der Waals surface area contributed by atoms with Gasteiger partial charge in [0.15, 0.2) is 0 Å². The summed E-state index contributed by atoms with van der Waals surface area (Å²) in [4.78, 5) is 15.8. The molecule has 1 unspecified atom stereocenters. The minimum atomic E-state index is -0.474. The highest BCUT2D eigenvalue weighted by molar-refractivity contribution is 7.16. The Morgan fingerprint density at radius 1 is 1.43 bits per heavy atom. The normalized spacial score (nSPS) is 13.0. The van der Waals surface area contributed by atoms with Crippen LogP contribution in [0.1, 0.15) is 27.7 Å². The fourth-order valence-electron chi connectivity index (χ4n) is 1.83. The smallest absolute Gasteiger partial charge is 0.407 e. The standard InChI is InChI=1S/C15H21N3O2S/c1-10(8-16-14(19)20-15(2,3)4)18-11-5-6-12-13(7-11)21-9-17-12/h5-7,9-10,18H,8H2,1-4H3,(H,16,19). The Morgan fingerprint density at radius 2 is 2.19 bits per heavy atom. The highest BCUT2D eigenvalue weighted by Gasteiger charge is 2.16. The van der Waals surface area contributed by atoms with Crippen molar-refractivity contribution in [3.8, 4) is 0 Å². The van der Waals surface area contributed by atoms with Crippen LogP contribution in [0.2, 0.25) is 0 Å². The van der Waals surface area contributed by atoms with Crippen molar-refractivity contribution in [1.29, 1.82) is 0 Å². The van der Waals surface area contributed by atoms with Gasteiger partial charge in [0.25, 0.3) is 0 Å². The maximum atomic E-state index is 11.6. The highest BCUT2D eigenvalue weighted by Crippen LogP contribution is 2.22. The molecular formula is C15H21N3O2S. The van der Waals surface area contributed by atoms with Crippen LogP contribution in [-0.4, -0.2) is 29.3 Å². The van der Waals surface area contributed by atoms with E-state index in [0.29, 0.717) is 6.54 Å². The molecule has 1 atom stereocenters. The Labute approximate surface area is 128 Å². The van der Waals surface area contributed by atoms with Gasteiger partial charge in [-0.15, -0.1) is 11.3 Å². The van der Waals surface area contributed by atoms with E-state index in [9.17, 15) is 4.79 Å². The zero-order chi connectivity index (χ0) is 15.5. The number of ether oxygens (including phenoxy) is 1. The number of aromatic nitrogens is 1. The number of rotatable bonds is 4.